The molecule has 2 rings (SSSR count). The first-order valence-corrected chi connectivity index (χ1v) is 7.87. The lowest BCUT2D eigenvalue weighted by Crippen LogP contribution is -2.32. The maximum Gasteiger partial charge on any atom is 0.271 e. The molecule has 5 nitrogen and oxygen atoms in total. The monoisotopic (exact) mass is 307 g/mol. The third-order valence-electron chi connectivity index (χ3n) is 3.03. The summed E-state index contributed by atoms with van der Waals surface area (Å²) in [7, 11) is 1.62. The molecule has 6 heteroatoms. The maximum atomic E-state index is 12.4. The Labute approximate surface area is 128 Å². The topological polar surface area (TPSA) is 56.1 Å². The minimum absolute atomic E-state index is 0.0551. The van der Waals surface area contributed by atoms with Gasteiger partial charge in [-0.05, 0) is 17.5 Å². The van der Waals surface area contributed by atoms with E-state index in [1.807, 2.05) is 23.6 Å². The summed E-state index contributed by atoms with van der Waals surface area (Å²) in [6, 6.07) is 6.21. The van der Waals surface area contributed by atoms with Crippen LogP contribution in [0.25, 0.3) is 10.6 Å². The van der Waals surface area contributed by atoms with Crippen LogP contribution < -0.4 is 10.9 Å². The summed E-state index contributed by atoms with van der Waals surface area (Å²) < 4.78 is 6.55. The van der Waals surface area contributed by atoms with Crippen molar-refractivity contribution in [3.8, 4) is 10.6 Å². The van der Waals surface area contributed by atoms with Crippen molar-refractivity contribution < 1.29 is 4.74 Å². The molecule has 2 aromatic rings. The molecule has 0 unspecified atom stereocenters. The van der Waals surface area contributed by atoms with Crippen molar-refractivity contribution in [3.63, 3.8) is 0 Å². The highest BCUT2D eigenvalue weighted by Gasteiger charge is 2.11. The molecule has 2 aromatic heterocycles. The van der Waals surface area contributed by atoms with Crippen LogP contribution in [0, 0.1) is 0 Å². The molecule has 0 aliphatic carbocycles. The van der Waals surface area contributed by atoms with Gasteiger partial charge in [0.25, 0.3) is 5.56 Å². The van der Waals surface area contributed by atoms with Gasteiger partial charge in [-0.2, -0.15) is 5.10 Å². The standard InChI is InChI=1S/C15H21N3O2S/c1-11(2)16-10-12-9-13(14-5-4-8-21-14)17-18(15(12)19)6-7-20-3/h4-5,8-9,11,16H,6-7,10H2,1-3H3. The van der Waals surface area contributed by atoms with Crippen LogP contribution in [0.15, 0.2) is 28.4 Å². The fraction of sp³-hybridized carbons (Fsp3) is 0.467. The zero-order valence-corrected chi connectivity index (χ0v) is 13.4. The van der Waals surface area contributed by atoms with E-state index in [1.165, 1.54) is 4.68 Å². The third kappa shape index (κ3) is 4.23. The van der Waals surface area contributed by atoms with Crippen LogP contribution >= 0.6 is 11.3 Å². The van der Waals surface area contributed by atoms with Gasteiger partial charge >= 0.3 is 0 Å². The fourth-order valence-electron chi connectivity index (χ4n) is 1.91. The molecule has 2 heterocycles. The van der Waals surface area contributed by atoms with Gasteiger partial charge in [-0.3, -0.25) is 4.79 Å². The summed E-state index contributed by atoms with van der Waals surface area (Å²) in [5, 5.41) is 9.74. The number of ether oxygens (including phenoxy) is 1. The number of hydrogen-bond acceptors (Lipinski definition) is 5. The lowest BCUT2D eigenvalue weighted by atomic mass is 10.2. The molecule has 21 heavy (non-hydrogen) atoms. The maximum absolute atomic E-state index is 12.4. The molecule has 1 N–H and O–H groups in total. The van der Waals surface area contributed by atoms with Gasteiger partial charge in [-0.25, -0.2) is 4.68 Å². The van der Waals surface area contributed by atoms with Crippen LogP contribution in [-0.2, 0) is 17.8 Å². The normalized spacial score (nSPS) is 11.2. The molecular formula is C15H21N3O2S. The average molecular weight is 307 g/mol. The quantitative estimate of drug-likeness (QED) is 0.851. The Morgan fingerprint density at radius 3 is 2.90 bits per heavy atom. The molecule has 114 valence electrons. The van der Waals surface area contributed by atoms with Gasteiger partial charge in [0.1, 0.15) is 5.69 Å². The number of nitrogens with one attached hydrogen (secondary N) is 1. The number of nitrogens with zero attached hydrogens (tertiary/aromatic N) is 2. The zero-order valence-electron chi connectivity index (χ0n) is 12.6. The van der Waals surface area contributed by atoms with Crippen LogP contribution in [0.1, 0.15) is 19.4 Å². The Kier molecular flexibility index (Phi) is 5.67. The highest BCUT2D eigenvalue weighted by Crippen LogP contribution is 2.22. The molecular weight excluding hydrogens is 286 g/mol. The first-order valence-electron chi connectivity index (χ1n) is 6.99. The summed E-state index contributed by atoms with van der Waals surface area (Å²) in [5.74, 6) is 0. The van der Waals surface area contributed by atoms with Gasteiger partial charge in [0, 0.05) is 25.3 Å². The van der Waals surface area contributed by atoms with Crippen molar-refractivity contribution in [3.05, 3.63) is 39.5 Å². The predicted molar refractivity (Wildman–Crippen MR) is 85.7 cm³/mol. The van der Waals surface area contributed by atoms with Gasteiger partial charge in [0.15, 0.2) is 0 Å². The molecule has 0 saturated carbocycles. The first kappa shape index (κ1) is 15.9. The summed E-state index contributed by atoms with van der Waals surface area (Å²) in [4.78, 5) is 13.5. The van der Waals surface area contributed by atoms with Crippen molar-refractivity contribution in [2.24, 2.45) is 0 Å². The molecule has 0 aliphatic rings. The van der Waals surface area contributed by atoms with E-state index >= 15 is 0 Å². The summed E-state index contributed by atoms with van der Waals surface area (Å²) >= 11 is 1.62. The van der Waals surface area contributed by atoms with Gasteiger partial charge in [-0.1, -0.05) is 19.9 Å². The van der Waals surface area contributed by atoms with Crippen LogP contribution in [0.4, 0.5) is 0 Å². The first-order chi connectivity index (χ1) is 10.1. The SMILES string of the molecule is COCCn1nc(-c2cccs2)cc(CNC(C)C)c1=O. The summed E-state index contributed by atoms with van der Waals surface area (Å²) in [6.07, 6.45) is 0. The molecule has 0 radical (unpaired) electrons. The van der Waals surface area contributed by atoms with Crippen molar-refractivity contribution in [1.29, 1.82) is 0 Å². The van der Waals surface area contributed by atoms with Crippen LogP contribution in [0.5, 0.6) is 0 Å². The third-order valence-corrected chi connectivity index (χ3v) is 3.92. The Hall–Kier alpha value is -1.50. The van der Waals surface area contributed by atoms with Crippen molar-refractivity contribution in [2.45, 2.75) is 33.0 Å². The second-order valence-electron chi connectivity index (χ2n) is 5.09. The van der Waals surface area contributed by atoms with E-state index in [-0.39, 0.29) is 5.56 Å². The molecule has 0 atom stereocenters. The van der Waals surface area contributed by atoms with Gasteiger partial charge in [-0.15, -0.1) is 11.3 Å². The molecule has 0 spiro atoms. The van der Waals surface area contributed by atoms with Gasteiger partial charge in [0.05, 0.1) is 18.0 Å². The van der Waals surface area contributed by atoms with E-state index in [9.17, 15) is 4.79 Å². The molecule has 0 aromatic carbocycles. The number of thiophene rings is 1. The summed E-state index contributed by atoms with van der Waals surface area (Å²) in [6.45, 7) is 5.60. The van der Waals surface area contributed by atoms with E-state index < -0.39 is 0 Å². The van der Waals surface area contributed by atoms with Crippen molar-refractivity contribution in [1.82, 2.24) is 15.1 Å². The van der Waals surface area contributed by atoms with Crippen LogP contribution in [0.3, 0.4) is 0 Å². The largest absolute Gasteiger partial charge is 0.383 e. The molecule has 0 aliphatic heterocycles. The number of rotatable bonds is 7. The second-order valence-corrected chi connectivity index (χ2v) is 6.04. The fourth-order valence-corrected chi connectivity index (χ4v) is 2.59. The van der Waals surface area contributed by atoms with E-state index in [0.717, 1.165) is 16.1 Å². The molecule has 0 amide bonds. The van der Waals surface area contributed by atoms with E-state index in [0.29, 0.717) is 25.7 Å². The average Bonchev–Trinajstić information content (AvgIpc) is 2.99. The predicted octanol–water partition coefficient (Wildman–Crippen LogP) is 2.12. The highest BCUT2D eigenvalue weighted by atomic mass is 32.1. The summed E-state index contributed by atoms with van der Waals surface area (Å²) in [5.41, 5.74) is 1.51. The van der Waals surface area contributed by atoms with Crippen molar-refractivity contribution in [2.75, 3.05) is 13.7 Å². The van der Waals surface area contributed by atoms with E-state index in [2.05, 4.69) is 24.3 Å². The minimum Gasteiger partial charge on any atom is -0.383 e. The second kappa shape index (κ2) is 7.49. The van der Waals surface area contributed by atoms with Gasteiger partial charge in [0.2, 0.25) is 0 Å². The lowest BCUT2D eigenvalue weighted by Gasteiger charge is -2.12. The number of methoxy groups -OCH3 is 1. The van der Waals surface area contributed by atoms with Crippen molar-refractivity contribution >= 4 is 11.3 Å². The Morgan fingerprint density at radius 1 is 1.48 bits per heavy atom. The molecule has 0 bridgehead atoms. The highest BCUT2D eigenvalue weighted by molar-refractivity contribution is 7.13. The molecule has 0 saturated heterocycles. The number of hydrogen-bond donors (Lipinski definition) is 1. The number of aromatic nitrogens is 2. The Bertz CT molecular complexity index is 620. The Morgan fingerprint density at radius 2 is 2.29 bits per heavy atom. The van der Waals surface area contributed by atoms with E-state index in [4.69, 9.17) is 4.74 Å². The zero-order chi connectivity index (χ0) is 15.2. The van der Waals surface area contributed by atoms with Crippen LogP contribution in [0.2, 0.25) is 0 Å². The molecule has 0 fully saturated rings. The Balaban J connectivity index is 2.37. The van der Waals surface area contributed by atoms with E-state index in [1.54, 1.807) is 18.4 Å². The van der Waals surface area contributed by atoms with Gasteiger partial charge < -0.3 is 10.1 Å². The van der Waals surface area contributed by atoms with Crippen LogP contribution in [-0.4, -0.2) is 29.5 Å². The smallest absolute Gasteiger partial charge is 0.271 e. The minimum atomic E-state index is -0.0551. The lowest BCUT2D eigenvalue weighted by molar-refractivity contribution is 0.182.